The number of carbonyl (C=O) groups is 3. The molecule has 8 nitrogen and oxygen atoms in total. The Morgan fingerprint density at radius 2 is 1.88 bits per heavy atom. The van der Waals surface area contributed by atoms with E-state index in [1.54, 1.807) is 31.2 Å². The van der Waals surface area contributed by atoms with E-state index in [9.17, 15) is 14.4 Å². The fourth-order valence-electron chi connectivity index (χ4n) is 1.86. The Morgan fingerprint density at radius 3 is 2.42 bits per heavy atom. The predicted octanol–water partition coefficient (Wildman–Crippen LogP) is 1.24. The minimum absolute atomic E-state index is 0.0485. The molecule has 1 aromatic rings. The molecule has 0 aromatic heterocycles. The van der Waals surface area contributed by atoms with Crippen LogP contribution in [-0.4, -0.2) is 47.6 Å². The molecule has 0 fully saturated rings. The number of amides is 2. The standard InChI is InChI=1S/C16H23N3O5/c1-3-19(18-12(2)20)15(21)11-17-13-6-8-14(9-7-13)24-10-4-5-16(22)23/h6-9,17H,3-5,10-11H2,1-2H3,(H,18,20)(H,22,23). The fraction of sp³-hybridized carbons (Fsp3) is 0.438. The fourth-order valence-corrected chi connectivity index (χ4v) is 1.86. The Bertz CT molecular complexity index is 559. The maximum atomic E-state index is 12.0. The van der Waals surface area contributed by atoms with Crippen molar-refractivity contribution in [2.24, 2.45) is 0 Å². The van der Waals surface area contributed by atoms with Crippen LogP contribution in [0.25, 0.3) is 0 Å². The maximum absolute atomic E-state index is 12.0. The number of nitrogens with one attached hydrogen (secondary N) is 2. The van der Waals surface area contributed by atoms with Gasteiger partial charge in [0.05, 0.1) is 13.2 Å². The topological polar surface area (TPSA) is 108 Å². The van der Waals surface area contributed by atoms with E-state index in [2.05, 4.69) is 10.7 Å². The summed E-state index contributed by atoms with van der Waals surface area (Å²) in [6, 6.07) is 6.99. The molecular weight excluding hydrogens is 314 g/mol. The number of ether oxygens (including phenoxy) is 1. The van der Waals surface area contributed by atoms with Gasteiger partial charge in [0.2, 0.25) is 5.91 Å². The third-order valence-electron chi connectivity index (χ3n) is 3.01. The average Bonchev–Trinajstić information content (AvgIpc) is 2.55. The molecule has 1 rings (SSSR count). The molecule has 2 amide bonds. The number of anilines is 1. The van der Waals surface area contributed by atoms with Gasteiger partial charge in [-0.2, -0.15) is 0 Å². The number of carboxylic acid groups (broad SMARTS) is 1. The molecule has 0 bridgehead atoms. The maximum Gasteiger partial charge on any atom is 0.303 e. The molecule has 132 valence electrons. The molecule has 0 atom stereocenters. The van der Waals surface area contributed by atoms with E-state index in [4.69, 9.17) is 9.84 Å². The van der Waals surface area contributed by atoms with Crippen molar-refractivity contribution < 1.29 is 24.2 Å². The van der Waals surface area contributed by atoms with Crippen molar-refractivity contribution in [2.75, 3.05) is 25.0 Å². The van der Waals surface area contributed by atoms with Crippen LogP contribution in [0.4, 0.5) is 5.69 Å². The lowest BCUT2D eigenvalue weighted by Crippen LogP contribution is -2.47. The van der Waals surface area contributed by atoms with Gasteiger partial charge >= 0.3 is 5.97 Å². The lowest BCUT2D eigenvalue weighted by Gasteiger charge is -2.21. The zero-order chi connectivity index (χ0) is 17.9. The van der Waals surface area contributed by atoms with Gasteiger partial charge in [0, 0.05) is 25.6 Å². The van der Waals surface area contributed by atoms with E-state index in [0.717, 1.165) is 5.69 Å². The molecule has 0 unspecified atom stereocenters. The number of hydrazine groups is 1. The monoisotopic (exact) mass is 337 g/mol. The summed E-state index contributed by atoms with van der Waals surface area (Å²) in [5, 5.41) is 12.7. The Balaban J connectivity index is 2.39. The van der Waals surface area contributed by atoms with Crippen molar-refractivity contribution in [3.63, 3.8) is 0 Å². The van der Waals surface area contributed by atoms with E-state index in [1.807, 2.05) is 0 Å². The van der Waals surface area contributed by atoms with Crippen molar-refractivity contribution in [2.45, 2.75) is 26.7 Å². The molecule has 3 N–H and O–H groups in total. The van der Waals surface area contributed by atoms with Gasteiger partial charge in [-0.05, 0) is 37.6 Å². The van der Waals surface area contributed by atoms with Crippen LogP contribution in [-0.2, 0) is 14.4 Å². The number of likely N-dealkylation sites (N-methyl/N-ethyl adjacent to an activating group) is 1. The molecule has 0 heterocycles. The smallest absolute Gasteiger partial charge is 0.303 e. The highest BCUT2D eigenvalue weighted by molar-refractivity contribution is 5.83. The number of benzene rings is 1. The first kappa shape index (κ1) is 19.3. The highest BCUT2D eigenvalue weighted by Crippen LogP contribution is 2.15. The molecule has 0 aliphatic carbocycles. The largest absolute Gasteiger partial charge is 0.494 e. The summed E-state index contributed by atoms with van der Waals surface area (Å²) in [6.07, 6.45) is 0.518. The Kier molecular flexibility index (Phi) is 8.10. The molecule has 0 aliphatic rings. The number of carbonyl (C=O) groups excluding carboxylic acids is 2. The van der Waals surface area contributed by atoms with Crippen LogP contribution in [0.3, 0.4) is 0 Å². The predicted molar refractivity (Wildman–Crippen MR) is 88.5 cm³/mol. The Morgan fingerprint density at radius 1 is 1.21 bits per heavy atom. The SMILES string of the molecule is CCN(NC(C)=O)C(=O)CNc1ccc(OCCCC(=O)O)cc1. The summed E-state index contributed by atoms with van der Waals surface area (Å²) in [5.41, 5.74) is 3.19. The van der Waals surface area contributed by atoms with Crippen molar-refractivity contribution in [1.82, 2.24) is 10.4 Å². The molecule has 8 heteroatoms. The normalized spacial score (nSPS) is 9.92. The molecule has 24 heavy (non-hydrogen) atoms. The molecular formula is C16H23N3O5. The van der Waals surface area contributed by atoms with E-state index < -0.39 is 5.97 Å². The van der Waals surface area contributed by atoms with Gasteiger partial charge in [-0.3, -0.25) is 24.8 Å². The van der Waals surface area contributed by atoms with Crippen LogP contribution in [0.1, 0.15) is 26.7 Å². The average molecular weight is 337 g/mol. The number of hydrogen-bond donors (Lipinski definition) is 3. The van der Waals surface area contributed by atoms with Gasteiger partial charge < -0.3 is 15.2 Å². The van der Waals surface area contributed by atoms with E-state index in [0.29, 0.717) is 25.3 Å². The third-order valence-corrected chi connectivity index (χ3v) is 3.01. The number of hydrogen-bond acceptors (Lipinski definition) is 5. The highest BCUT2D eigenvalue weighted by Gasteiger charge is 2.12. The van der Waals surface area contributed by atoms with Crippen LogP contribution < -0.4 is 15.5 Å². The summed E-state index contributed by atoms with van der Waals surface area (Å²) in [6.45, 7) is 3.87. The van der Waals surface area contributed by atoms with Gasteiger partial charge in [0.25, 0.3) is 5.91 Å². The van der Waals surface area contributed by atoms with Crippen LogP contribution in [0.5, 0.6) is 5.75 Å². The number of rotatable bonds is 9. The van der Waals surface area contributed by atoms with Gasteiger partial charge in [0.1, 0.15) is 5.75 Å². The number of aliphatic carboxylic acids is 1. The van der Waals surface area contributed by atoms with Crippen molar-refractivity contribution >= 4 is 23.5 Å². The van der Waals surface area contributed by atoms with Crippen LogP contribution in [0.2, 0.25) is 0 Å². The van der Waals surface area contributed by atoms with Gasteiger partial charge in [-0.15, -0.1) is 0 Å². The Labute approximate surface area is 140 Å². The summed E-state index contributed by atoms with van der Waals surface area (Å²) in [7, 11) is 0. The minimum Gasteiger partial charge on any atom is -0.494 e. The quantitative estimate of drug-likeness (QED) is 0.462. The zero-order valence-electron chi connectivity index (χ0n) is 13.9. The van der Waals surface area contributed by atoms with Gasteiger partial charge in [0.15, 0.2) is 0 Å². The molecule has 0 aliphatic heterocycles. The first-order valence-electron chi connectivity index (χ1n) is 7.68. The summed E-state index contributed by atoms with van der Waals surface area (Å²) in [4.78, 5) is 33.4. The van der Waals surface area contributed by atoms with Crippen LogP contribution in [0.15, 0.2) is 24.3 Å². The van der Waals surface area contributed by atoms with E-state index >= 15 is 0 Å². The first-order valence-corrected chi connectivity index (χ1v) is 7.68. The highest BCUT2D eigenvalue weighted by atomic mass is 16.5. The second kappa shape index (κ2) is 10.1. The minimum atomic E-state index is -0.844. The summed E-state index contributed by atoms with van der Waals surface area (Å²) >= 11 is 0. The lowest BCUT2D eigenvalue weighted by atomic mass is 10.3. The van der Waals surface area contributed by atoms with Crippen LogP contribution >= 0.6 is 0 Å². The number of carboxylic acids is 1. The van der Waals surface area contributed by atoms with Gasteiger partial charge in [-0.25, -0.2) is 0 Å². The second-order valence-corrected chi connectivity index (χ2v) is 5.03. The van der Waals surface area contributed by atoms with E-state index in [-0.39, 0.29) is 24.8 Å². The van der Waals surface area contributed by atoms with Crippen molar-refractivity contribution in [3.05, 3.63) is 24.3 Å². The number of nitrogens with zero attached hydrogens (tertiary/aromatic N) is 1. The Hall–Kier alpha value is -2.77. The van der Waals surface area contributed by atoms with Crippen molar-refractivity contribution in [3.8, 4) is 5.75 Å². The second-order valence-electron chi connectivity index (χ2n) is 5.03. The molecule has 0 spiro atoms. The lowest BCUT2D eigenvalue weighted by molar-refractivity contribution is -0.139. The van der Waals surface area contributed by atoms with E-state index in [1.165, 1.54) is 11.9 Å². The first-order chi connectivity index (χ1) is 11.4. The molecule has 1 aromatic carbocycles. The van der Waals surface area contributed by atoms with Crippen molar-refractivity contribution in [1.29, 1.82) is 0 Å². The molecule has 0 radical (unpaired) electrons. The van der Waals surface area contributed by atoms with Crippen LogP contribution in [0, 0.1) is 0 Å². The summed E-state index contributed by atoms with van der Waals surface area (Å²) in [5.74, 6) is -0.759. The zero-order valence-corrected chi connectivity index (χ0v) is 13.9. The van der Waals surface area contributed by atoms with Gasteiger partial charge in [-0.1, -0.05) is 0 Å². The molecule has 0 saturated heterocycles. The summed E-state index contributed by atoms with van der Waals surface area (Å²) < 4.78 is 5.42. The third kappa shape index (κ3) is 7.48. The molecule has 0 saturated carbocycles.